The molecule has 0 bridgehead atoms. The molecule has 2 amide bonds. The first-order valence-corrected chi connectivity index (χ1v) is 9.17. The molecule has 154 valence electrons. The Kier molecular flexibility index (Phi) is 8.02. The van der Waals surface area contributed by atoms with Crippen molar-refractivity contribution in [2.24, 2.45) is 0 Å². The average molecular weight is 400 g/mol. The van der Waals surface area contributed by atoms with E-state index in [2.05, 4.69) is 10.6 Å². The number of rotatable bonds is 9. The van der Waals surface area contributed by atoms with Crippen LogP contribution < -0.4 is 10.6 Å². The van der Waals surface area contributed by atoms with Crippen molar-refractivity contribution >= 4 is 17.8 Å². The Morgan fingerprint density at radius 2 is 1.69 bits per heavy atom. The number of unbranched alkanes of at least 4 members (excludes halogenated alkanes) is 1. The first kappa shape index (κ1) is 21.7. The van der Waals surface area contributed by atoms with Gasteiger partial charge in [0.15, 0.2) is 11.5 Å². The number of amides is 2. The maximum absolute atomic E-state index is 12.3. The van der Waals surface area contributed by atoms with Crippen molar-refractivity contribution in [3.63, 3.8) is 0 Å². The Morgan fingerprint density at radius 3 is 2.38 bits per heavy atom. The summed E-state index contributed by atoms with van der Waals surface area (Å²) in [5.41, 5.74) is 0.423. The van der Waals surface area contributed by atoms with Crippen molar-refractivity contribution in [2.75, 3.05) is 13.7 Å². The Labute approximate surface area is 168 Å². The smallest absolute Gasteiger partial charge is 0.328 e. The van der Waals surface area contributed by atoms with Gasteiger partial charge in [-0.25, -0.2) is 4.79 Å². The second-order valence-corrected chi connectivity index (χ2v) is 6.34. The Balaban J connectivity index is 1.84. The number of methoxy groups -OCH3 is 1. The van der Waals surface area contributed by atoms with Crippen molar-refractivity contribution in [1.82, 2.24) is 10.6 Å². The molecule has 0 spiro atoms. The third kappa shape index (κ3) is 6.24. The normalized spacial score (nSPS) is 11.3. The highest BCUT2D eigenvalue weighted by Crippen LogP contribution is 2.28. The molecular weight excluding hydrogens is 376 g/mol. The molecule has 0 saturated carbocycles. The van der Waals surface area contributed by atoms with Crippen LogP contribution in [0.3, 0.4) is 0 Å². The minimum Gasteiger partial charge on any atom is -0.504 e. The number of esters is 1. The van der Waals surface area contributed by atoms with Crippen LogP contribution >= 0.6 is 0 Å². The number of ether oxygens (including phenoxy) is 1. The van der Waals surface area contributed by atoms with E-state index in [1.54, 1.807) is 24.3 Å². The van der Waals surface area contributed by atoms with Gasteiger partial charge in [0.25, 0.3) is 11.8 Å². The number of para-hydroxylation sites is 1. The van der Waals surface area contributed by atoms with E-state index < -0.39 is 29.4 Å². The van der Waals surface area contributed by atoms with Crippen LogP contribution in [0.2, 0.25) is 0 Å². The zero-order valence-corrected chi connectivity index (χ0v) is 16.1. The van der Waals surface area contributed by atoms with E-state index in [1.165, 1.54) is 25.3 Å². The quantitative estimate of drug-likeness (QED) is 0.290. The fourth-order valence-electron chi connectivity index (χ4n) is 2.71. The first-order valence-electron chi connectivity index (χ1n) is 9.17. The van der Waals surface area contributed by atoms with E-state index in [1.807, 2.05) is 6.07 Å². The number of aromatic hydroxyl groups is 2. The lowest BCUT2D eigenvalue weighted by atomic mass is 10.1. The molecule has 2 rings (SSSR count). The molecule has 0 aliphatic carbocycles. The molecule has 2 aromatic rings. The number of benzene rings is 2. The Hall–Kier alpha value is -3.55. The molecule has 4 N–H and O–H groups in total. The maximum atomic E-state index is 12.3. The van der Waals surface area contributed by atoms with E-state index >= 15 is 0 Å². The van der Waals surface area contributed by atoms with Gasteiger partial charge in [-0.1, -0.05) is 24.3 Å². The van der Waals surface area contributed by atoms with Gasteiger partial charge in [0, 0.05) is 12.1 Å². The molecule has 1 atom stereocenters. The molecule has 0 saturated heterocycles. The zero-order valence-electron chi connectivity index (χ0n) is 16.1. The maximum Gasteiger partial charge on any atom is 0.328 e. The summed E-state index contributed by atoms with van der Waals surface area (Å²) in [7, 11) is 1.22. The van der Waals surface area contributed by atoms with Crippen LogP contribution in [-0.4, -0.2) is 47.7 Å². The number of hydrogen-bond acceptors (Lipinski definition) is 6. The first-order chi connectivity index (χ1) is 13.9. The topological polar surface area (TPSA) is 125 Å². The third-order valence-corrected chi connectivity index (χ3v) is 4.29. The van der Waals surface area contributed by atoms with E-state index in [9.17, 15) is 24.6 Å². The van der Waals surface area contributed by atoms with Crippen LogP contribution in [0.25, 0.3) is 0 Å². The Bertz CT molecular complexity index is 854. The predicted molar refractivity (Wildman–Crippen MR) is 106 cm³/mol. The molecule has 0 radical (unpaired) electrons. The van der Waals surface area contributed by atoms with Gasteiger partial charge in [-0.15, -0.1) is 0 Å². The van der Waals surface area contributed by atoms with Crippen LogP contribution in [0.5, 0.6) is 11.5 Å². The lowest BCUT2D eigenvalue weighted by Gasteiger charge is -2.17. The van der Waals surface area contributed by atoms with Crippen molar-refractivity contribution in [2.45, 2.75) is 25.3 Å². The summed E-state index contributed by atoms with van der Waals surface area (Å²) in [5.74, 6) is -2.49. The molecule has 0 aromatic heterocycles. The summed E-state index contributed by atoms with van der Waals surface area (Å²) >= 11 is 0. The van der Waals surface area contributed by atoms with Gasteiger partial charge >= 0.3 is 5.97 Å². The monoisotopic (exact) mass is 400 g/mol. The van der Waals surface area contributed by atoms with Gasteiger partial charge in [-0.2, -0.15) is 0 Å². The van der Waals surface area contributed by atoms with Gasteiger partial charge in [0.05, 0.1) is 12.7 Å². The largest absolute Gasteiger partial charge is 0.504 e. The second kappa shape index (κ2) is 10.7. The van der Waals surface area contributed by atoms with Crippen LogP contribution in [0.15, 0.2) is 48.5 Å². The summed E-state index contributed by atoms with van der Waals surface area (Å²) in [6.45, 7) is 0.420. The SMILES string of the molecule is COC(=O)[C@H](CCCCNC(=O)c1ccccc1)NC(=O)c1cccc(O)c1O. The molecular formula is C21H24N2O6. The molecule has 0 heterocycles. The van der Waals surface area contributed by atoms with Crippen molar-refractivity contribution < 1.29 is 29.3 Å². The standard InChI is InChI=1S/C21H24N2O6/c1-29-21(28)16(23-20(27)15-10-7-12-17(24)18(15)25)11-5-6-13-22-19(26)14-8-3-2-4-9-14/h2-4,7-10,12,16,24-25H,5-6,11,13H2,1H3,(H,22,26)(H,23,27)/t16-/m0/s1. The number of carbonyl (C=O) groups excluding carboxylic acids is 3. The van der Waals surface area contributed by atoms with Gasteiger partial charge in [-0.3, -0.25) is 9.59 Å². The van der Waals surface area contributed by atoms with E-state index in [4.69, 9.17) is 4.74 Å². The van der Waals surface area contributed by atoms with Crippen LogP contribution in [0.4, 0.5) is 0 Å². The van der Waals surface area contributed by atoms with Gasteiger partial charge in [-0.05, 0) is 43.5 Å². The van der Waals surface area contributed by atoms with Gasteiger partial charge in [0.1, 0.15) is 6.04 Å². The number of phenols is 2. The lowest BCUT2D eigenvalue weighted by Crippen LogP contribution is -2.41. The van der Waals surface area contributed by atoms with Crippen LogP contribution in [0, 0.1) is 0 Å². The zero-order chi connectivity index (χ0) is 21.2. The molecule has 0 fully saturated rings. The average Bonchev–Trinajstić information content (AvgIpc) is 2.74. The van der Waals surface area contributed by atoms with E-state index in [0.29, 0.717) is 31.4 Å². The van der Waals surface area contributed by atoms with Crippen LogP contribution in [-0.2, 0) is 9.53 Å². The highest BCUT2D eigenvalue weighted by molar-refractivity contribution is 5.99. The van der Waals surface area contributed by atoms with Crippen molar-refractivity contribution in [3.8, 4) is 11.5 Å². The van der Waals surface area contributed by atoms with E-state index in [0.717, 1.165) is 0 Å². The van der Waals surface area contributed by atoms with Crippen molar-refractivity contribution in [1.29, 1.82) is 0 Å². The minimum absolute atomic E-state index is 0.144. The summed E-state index contributed by atoms with van der Waals surface area (Å²) in [6.07, 6.45) is 1.43. The third-order valence-electron chi connectivity index (χ3n) is 4.29. The molecule has 29 heavy (non-hydrogen) atoms. The summed E-state index contributed by atoms with van der Waals surface area (Å²) in [4.78, 5) is 36.3. The predicted octanol–water partition coefficient (Wildman–Crippen LogP) is 1.97. The highest BCUT2D eigenvalue weighted by Gasteiger charge is 2.23. The number of carbonyl (C=O) groups is 3. The minimum atomic E-state index is -0.918. The fraction of sp³-hybridized carbons (Fsp3) is 0.286. The summed E-state index contributed by atoms with van der Waals surface area (Å²) < 4.78 is 4.72. The summed E-state index contributed by atoms with van der Waals surface area (Å²) in [5, 5.41) is 24.6. The van der Waals surface area contributed by atoms with Gasteiger partial charge in [0.2, 0.25) is 0 Å². The molecule has 8 heteroatoms. The highest BCUT2D eigenvalue weighted by atomic mass is 16.5. The fourth-order valence-corrected chi connectivity index (χ4v) is 2.71. The molecule has 0 unspecified atom stereocenters. The Morgan fingerprint density at radius 1 is 0.966 bits per heavy atom. The molecule has 0 aliphatic rings. The van der Waals surface area contributed by atoms with E-state index in [-0.39, 0.29) is 11.5 Å². The van der Waals surface area contributed by atoms with Crippen molar-refractivity contribution in [3.05, 3.63) is 59.7 Å². The number of hydrogen-bond donors (Lipinski definition) is 4. The lowest BCUT2D eigenvalue weighted by molar-refractivity contribution is -0.143. The number of phenolic OH excluding ortho intramolecular Hbond substituents is 2. The second-order valence-electron chi connectivity index (χ2n) is 6.34. The van der Waals surface area contributed by atoms with Gasteiger partial charge < -0.3 is 25.6 Å². The molecule has 2 aromatic carbocycles. The van der Waals surface area contributed by atoms with Crippen LogP contribution in [0.1, 0.15) is 40.0 Å². The number of nitrogens with one attached hydrogen (secondary N) is 2. The molecule has 8 nitrogen and oxygen atoms in total. The molecule has 0 aliphatic heterocycles. The summed E-state index contributed by atoms with van der Waals surface area (Å²) in [6, 6.07) is 11.9.